The molecule has 0 spiro atoms. The summed E-state index contributed by atoms with van der Waals surface area (Å²) in [6.07, 6.45) is 3.97. The normalized spacial score (nSPS) is 9.31. The highest BCUT2D eigenvalue weighted by atomic mass is 16.5. The highest BCUT2D eigenvalue weighted by molar-refractivity contribution is 5.89. The summed E-state index contributed by atoms with van der Waals surface area (Å²) in [5.41, 5.74) is 1.07. The smallest absolute Gasteiger partial charge is 0.339 e. The summed E-state index contributed by atoms with van der Waals surface area (Å²) in [5, 5.41) is 0. The van der Waals surface area contributed by atoms with Gasteiger partial charge in [0.25, 0.3) is 0 Å². The van der Waals surface area contributed by atoms with E-state index in [1.54, 1.807) is 12.3 Å². The summed E-state index contributed by atoms with van der Waals surface area (Å²) in [6.45, 7) is 0. The number of hydrogen-bond donors (Lipinski definition) is 0. The minimum Gasteiger partial charge on any atom is -0.465 e. The Balaban J connectivity index is 2.90. The van der Waals surface area contributed by atoms with Crippen LogP contribution in [0.2, 0.25) is 0 Å². The van der Waals surface area contributed by atoms with E-state index in [2.05, 4.69) is 9.72 Å². The zero-order valence-electron chi connectivity index (χ0n) is 7.19. The van der Waals surface area contributed by atoms with E-state index in [1.165, 1.54) is 13.3 Å². The number of carbonyl (C=O) groups excluding carboxylic acids is 2. The van der Waals surface area contributed by atoms with Crippen LogP contribution in [0.15, 0.2) is 18.5 Å². The molecule has 0 unspecified atom stereocenters. The van der Waals surface area contributed by atoms with Crippen LogP contribution in [0, 0.1) is 0 Å². The average molecular weight is 179 g/mol. The van der Waals surface area contributed by atoms with E-state index >= 15 is 0 Å². The van der Waals surface area contributed by atoms with E-state index in [0.29, 0.717) is 11.1 Å². The van der Waals surface area contributed by atoms with Gasteiger partial charge in [-0.25, -0.2) is 4.79 Å². The predicted octanol–water partition coefficient (Wildman–Crippen LogP) is 0.610. The Labute approximate surface area is 75.5 Å². The van der Waals surface area contributed by atoms with Gasteiger partial charge in [-0.2, -0.15) is 0 Å². The molecule has 0 aliphatic rings. The van der Waals surface area contributed by atoms with Crippen LogP contribution in [0.5, 0.6) is 0 Å². The number of nitrogens with zero attached hydrogens (tertiary/aromatic N) is 1. The van der Waals surface area contributed by atoms with Gasteiger partial charge in [0.1, 0.15) is 6.29 Å². The molecule has 0 aliphatic carbocycles. The Morgan fingerprint density at radius 2 is 2.38 bits per heavy atom. The summed E-state index contributed by atoms with van der Waals surface area (Å²) in [5.74, 6) is -0.444. The highest BCUT2D eigenvalue weighted by Gasteiger charge is 2.05. The molecule has 0 saturated carbocycles. The van der Waals surface area contributed by atoms with Crippen LogP contribution in [0.25, 0.3) is 0 Å². The van der Waals surface area contributed by atoms with Gasteiger partial charge in [-0.05, 0) is 11.6 Å². The average Bonchev–Trinajstić information content (AvgIpc) is 2.18. The molecule has 0 N–H and O–H groups in total. The number of aromatic nitrogens is 1. The van der Waals surface area contributed by atoms with Crippen molar-refractivity contribution >= 4 is 12.3 Å². The van der Waals surface area contributed by atoms with Crippen molar-refractivity contribution in [1.29, 1.82) is 0 Å². The number of methoxy groups -OCH3 is 1. The van der Waals surface area contributed by atoms with Crippen molar-refractivity contribution < 1.29 is 14.3 Å². The van der Waals surface area contributed by atoms with Gasteiger partial charge in [0.15, 0.2) is 0 Å². The molecule has 0 aromatic carbocycles. The molecule has 1 aromatic rings. The van der Waals surface area contributed by atoms with Gasteiger partial charge in [0.2, 0.25) is 0 Å². The summed E-state index contributed by atoms with van der Waals surface area (Å²) in [7, 11) is 1.30. The van der Waals surface area contributed by atoms with Crippen LogP contribution in [0.3, 0.4) is 0 Å². The van der Waals surface area contributed by atoms with Gasteiger partial charge in [0, 0.05) is 18.8 Å². The van der Waals surface area contributed by atoms with Crippen LogP contribution >= 0.6 is 0 Å². The fourth-order valence-electron chi connectivity index (χ4n) is 0.925. The van der Waals surface area contributed by atoms with E-state index < -0.39 is 5.97 Å². The van der Waals surface area contributed by atoms with E-state index in [1.807, 2.05) is 0 Å². The van der Waals surface area contributed by atoms with E-state index in [0.717, 1.165) is 6.29 Å². The summed E-state index contributed by atoms with van der Waals surface area (Å²) in [6, 6.07) is 1.59. The zero-order valence-corrected chi connectivity index (χ0v) is 7.19. The maximum atomic E-state index is 11.0. The number of carbonyl (C=O) groups is 2. The van der Waals surface area contributed by atoms with Crippen LogP contribution in [-0.2, 0) is 16.0 Å². The molecule has 13 heavy (non-hydrogen) atoms. The topological polar surface area (TPSA) is 56.3 Å². The van der Waals surface area contributed by atoms with Gasteiger partial charge in [-0.3, -0.25) is 4.98 Å². The second kappa shape index (κ2) is 4.35. The third kappa shape index (κ3) is 2.37. The lowest BCUT2D eigenvalue weighted by Gasteiger charge is -1.99. The third-order valence-electron chi connectivity index (χ3n) is 1.54. The lowest BCUT2D eigenvalue weighted by atomic mass is 10.2. The summed E-state index contributed by atoms with van der Waals surface area (Å²) >= 11 is 0. The van der Waals surface area contributed by atoms with Crippen molar-refractivity contribution in [1.82, 2.24) is 4.98 Å². The first-order chi connectivity index (χ1) is 6.27. The first kappa shape index (κ1) is 9.38. The zero-order chi connectivity index (χ0) is 9.68. The third-order valence-corrected chi connectivity index (χ3v) is 1.54. The van der Waals surface area contributed by atoms with E-state index in [-0.39, 0.29) is 6.42 Å². The Bertz CT molecular complexity index is 322. The fraction of sp³-hybridized carbons (Fsp3) is 0.222. The first-order valence-corrected chi connectivity index (χ1v) is 3.74. The lowest BCUT2D eigenvalue weighted by Crippen LogP contribution is -2.02. The van der Waals surface area contributed by atoms with Crippen molar-refractivity contribution in [2.24, 2.45) is 0 Å². The van der Waals surface area contributed by atoms with Crippen molar-refractivity contribution in [3.63, 3.8) is 0 Å². The second-order valence-corrected chi connectivity index (χ2v) is 2.44. The number of rotatable bonds is 3. The molecule has 68 valence electrons. The molecule has 0 atom stereocenters. The molecule has 4 heteroatoms. The van der Waals surface area contributed by atoms with Crippen molar-refractivity contribution in [3.05, 3.63) is 29.6 Å². The van der Waals surface area contributed by atoms with Gasteiger partial charge < -0.3 is 9.53 Å². The minimum absolute atomic E-state index is 0.262. The lowest BCUT2D eigenvalue weighted by molar-refractivity contribution is -0.107. The molecule has 0 radical (unpaired) electrons. The van der Waals surface area contributed by atoms with Crippen LogP contribution in [-0.4, -0.2) is 24.3 Å². The molecule has 0 saturated heterocycles. The van der Waals surface area contributed by atoms with Gasteiger partial charge in [-0.1, -0.05) is 0 Å². The molecule has 0 fully saturated rings. The molecule has 4 nitrogen and oxygen atoms in total. The predicted molar refractivity (Wildman–Crippen MR) is 45.3 cm³/mol. The largest absolute Gasteiger partial charge is 0.465 e. The number of aldehydes is 1. The highest BCUT2D eigenvalue weighted by Crippen LogP contribution is 2.03. The summed E-state index contributed by atoms with van der Waals surface area (Å²) in [4.78, 5) is 25.0. The Morgan fingerprint density at radius 1 is 1.62 bits per heavy atom. The molecule has 1 rings (SSSR count). The number of hydrogen-bond acceptors (Lipinski definition) is 4. The van der Waals surface area contributed by atoms with Gasteiger partial charge in [0.05, 0.1) is 12.7 Å². The standard InChI is InChI=1S/C9H9NO3/c1-13-9(12)8-4-7(2-3-11)5-10-6-8/h3-6H,2H2,1H3. The molecular weight excluding hydrogens is 170 g/mol. The maximum Gasteiger partial charge on any atom is 0.339 e. The molecule has 1 heterocycles. The van der Waals surface area contributed by atoms with Crippen LogP contribution < -0.4 is 0 Å². The van der Waals surface area contributed by atoms with E-state index in [9.17, 15) is 9.59 Å². The monoisotopic (exact) mass is 179 g/mol. The molecule has 0 bridgehead atoms. The second-order valence-electron chi connectivity index (χ2n) is 2.44. The summed E-state index contributed by atoms with van der Waals surface area (Å²) < 4.78 is 4.50. The SMILES string of the molecule is COC(=O)c1cncc(CC=O)c1. The minimum atomic E-state index is -0.444. The first-order valence-electron chi connectivity index (χ1n) is 3.74. The Morgan fingerprint density at radius 3 is 3.00 bits per heavy atom. The number of esters is 1. The molecule has 0 aliphatic heterocycles. The Kier molecular flexibility index (Phi) is 3.14. The maximum absolute atomic E-state index is 11.0. The fourth-order valence-corrected chi connectivity index (χ4v) is 0.925. The number of pyridine rings is 1. The van der Waals surface area contributed by atoms with E-state index in [4.69, 9.17) is 0 Å². The van der Waals surface area contributed by atoms with Crippen LogP contribution in [0.4, 0.5) is 0 Å². The van der Waals surface area contributed by atoms with Crippen molar-refractivity contribution in [2.75, 3.05) is 7.11 Å². The van der Waals surface area contributed by atoms with Crippen molar-refractivity contribution in [3.8, 4) is 0 Å². The molecule has 1 aromatic heterocycles. The molecule has 0 amide bonds. The van der Waals surface area contributed by atoms with Gasteiger partial charge in [-0.15, -0.1) is 0 Å². The van der Waals surface area contributed by atoms with Crippen molar-refractivity contribution in [2.45, 2.75) is 6.42 Å². The molecular formula is C9H9NO3. The Hall–Kier alpha value is -1.71. The van der Waals surface area contributed by atoms with Crippen LogP contribution in [0.1, 0.15) is 15.9 Å². The quantitative estimate of drug-likeness (QED) is 0.504. The number of ether oxygens (including phenoxy) is 1. The van der Waals surface area contributed by atoms with Gasteiger partial charge >= 0.3 is 5.97 Å².